The van der Waals surface area contributed by atoms with E-state index < -0.39 is 28.4 Å². The van der Waals surface area contributed by atoms with E-state index in [0.717, 1.165) is 37.7 Å². The van der Waals surface area contributed by atoms with Crippen molar-refractivity contribution in [3.05, 3.63) is 29.8 Å². The molecule has 0 bridgehead atoms. The molecule has 0 saturated heterocycles. The van der Waals surface area contributed by atoms with Gasteiger partial charge in [-0.2, -0.15) is 13.2 Å². The van der Waals surface area contributed by atoms with Crippen molar-refractivity contribution in [2.45, 2.75) is 63.1 Å². The van der Waals surface area contributed by atoms with Gasteiger partial charge < -0.3 is 0 Å². The molecule has 2 rings (SSSR count). The molecule has 0 aliphatic heterocycles. The molecule has 2 nitrogen and oxygen atoms in total. The lowest BCUT2D eigenvalue weighted by atomic mass is 9.85. The van der Waals surface area contributed by atoms with Gasteiger partial charge in [-0.25, -0.2) is 0 Å². The van der Waals surface area contributed by atoms with Gasteiger partial charge in [0, 0.05) is 4.90 Å². The highest BCUT2D eigenvalue weighted by Crippen LogP contribution is 2.29. The maximum absolute atomic E-state index is 13.3. The van der Waals surface area contributed by atoms with Gasteiger partial charge in [-0.1, -0.05) is 37.0 Å². The SMILES string of the molecule is Cc1ccc([S@@](=O)CC(=N[C@@H](C)C2CCCCC2)C(F)(F)F)cc1. The molecule has 1 aliphatic carbocycles. The van der Waals surface area contributed by atoms with Crippen LogP contribution in [0.1, 0.15) is 44.6 Å². The third kappa shape index (κ3) is 5.43. The van der Waals surface area contributed by atoms with E-state index in [2.05, 4.69) is 4.99 Å². The third-order valence-electron chi connectivity index (χ3n) is 4.57. The first kappa shape index (κ1) is 19.2. The summed E-state index contributed by atoms with van der Waals surface area (Å²) in [4.78, 5) is 4.36. The van der Waals surface area contributed by atoms with Gasteiger partial charge in [-0.05, 0) is 44.7 Å². The van der Waals surface area contributed by atoms with Crippen molar-refractivity contribution in [1.82, 2.24) is 0 Å². The second kappa shape index (κ2) is 8.28. The summed E-state index contributed by atoms with van der Waals surface area (Å²) >= 11 is 0. The van der Waals surface area contributed by atoms with E-state index in [-0.39, 0.29) is 12.0 Å². The first-order valence-electron chi connectivity index (χ1n) is 8.36. The Labute approximate surface area is 144 Å². The van der Waals surface area contributed by atoms with E-state index in [1.807, 2.05) is 6.92 Å². The Balaban J connectivity index is 2.14. The van der Waals surface area contributed by atoms with Crippen LogP contribution >= 0.6 is 0 Å². The lowest BCUT2D eigenvalue weighted by Gasteiger charge is -2.26. The summed E-state index contributed by atoms with van der Waals surface area (Å²) in [7, 11) is -1.74. The zero-order chi connectivity index (χ0) is 17.7. The lowest BCUT2D eigenvalue weighted by molar-refractivity contribution is -0.0594. The number of aryl methyl sites for hydroxylation is 1. The fourth-order valence-corrected chi connectivity index (χ4v) is 4.15. The van der Waals surface area contributed by atoms with Gasteiger partial charge in [0.1, 0.15) is 5.71 Å². The quantitative estimate of drug-likeness (QED) is 0.675. The van der Waals surface area contributed by atoms with Crippen LogP contribution in [0.5, 0.6) is 0 Å². The molecular weight excluding hydrogens is 335 g/mol. The van der Waals surface area contributed by atoms with Crippen LogP contribution in [0.25, 0.3) is 0 Å². The molecule has 0 N–H and O–H groups in total. The number of halogens is 3. The van der Waals surface area contributed by atoms with Crippen molar-refractivity contribution in [3.8, 4) is 0 Å². The third-order valence-corrected chi connectivity index (χ3v) is 5.90. The summed E-state index contributed by atoms with van der Waals surface area (Å²) in [6.07, 6.45) is 0.579. The average Bonchev–Trinajstić information content (AvgIpc) is 2.54. The highest BCUT2D eigenvalue weighted by molar-refractivity contribution is 7.85. The smallest absolute Gasteiger partial charge is 0.281 e. The van der Waals surface area contributed by atoms with Crippen LogP contribution in [0, 0.1) is 12.8 Å². The van der Waals surface area contributed by atoms with Crippen molar-refractivity contribution in [3.63, 3.8) is 0 Å². The van der Waals surface area contributed by atoms with Gasteiger partial charge in [-0.3, -0.25) is 9.20 Å². The van der Waals surface area contributed by atoms with Gasteiger partial charge in [0.05, 0.1) is 22.6 Å². The second-order valence-corrected chi connectivity index (χ2v) is 7.97. The molecule has 1 saturated carbocycles. The topological polar surface area (TPSA) is 29.4 Å². The Morgan fingerprint density at radius 1 is 1.21 bits per heavy atom. The van der Waals surface area contributed by atoms with E-state index in [9.17, 15) is 17.4 Å². The number of hydrogen-bond donors (Lipinski definition) is 0. The normalized spacial score (nSPS) is 20.0. The minimum atomic E-state index is -4.54. The van der Waals surface area contributed by atoms with Gasteiger partial charge in [0.25, 0.3) is 0 Å². The standard InChI is InChI=1S/C18H24F3NOS/c1-13-8-10-16(11-9-13)24(23)12-17(18(19,20)21)22-14(2)15-6-4-3-5-7-15/h8-11,14-15H,3-7,12H2,1-2H3/t14-,24-/m0/s1. The summed E-state index contributed by atoms with van der Waals surface area (Å²) in [6.45, 7) is 3.62. The maximum atomic E-state index is 13.3. The van der Waals surface area contributed by atoms with Crippen LogP contribution in [-0.4, -0.2) is 27.9 Å². The number of rotatable bonds is 5. The summed E-state index contributed by atoms with van der Waals surface area (Å²) in [5.74, 6) is -0.382. The molecule has 0 spiro atoms. The van der Waals surface area contributed by atoms with Crippen LogP contribution < -0.4 is 0 Å². The molecule has 0 heterocycles. The largest absolute Gasteiger partial charge is 0.429 e. The molecule has 1 fully saturated rings. The first-order chi connectivity index (χ1) is 11.3. The minimum Gasteiger partial charge on any atom is -0.281 e. The van der Waals surface area contributed by atoms with Crippen molar-refractivity contribution in [2.75, 3.05) is 5.75 Å². The second-order valence-electron chi connectivity index (χ2n) is 6.52. The molecule has 1 aromatic rings. The Bertz CT molecular complexity index is 589. The summed E-state index contributed by atoms with van der Waals surface area (Å²) in [5, 5.41) is 0. The van der Waals surface area contributed by atoms with Crippen LogP contribution in [0.2, 0.25) is 0 Å². The molecular formula is C18H24F3NOS. The molecule has 134 valence electrons. The Hall–Kier alpha value is -1.17. The molecule has 0 radical (unpaired) electrons. The zero-order valence-corrected chi connectivity index (χ0v) is 14.9. The number of aliphatic imine (C=N–C) groups is 1. The maximum Gasteiger partial charge on any atom is 0.429 e. The van der Waals surface area contributed by atoms with E-state index in [1.165, 1.54) is 0 Å². The Morgan fingerprint density at radius 2 is 1.79 bits per heavy atom. The van der Waals surface area contributed by atoms with E-state index in [0.29, 0.717) is 4.90 Å². The fourth-order valence-electron chi connectivity index (χ4n) is 3.06. The monoisotopic (exact) mass is 359 g/mol. The van der Waals surface area contributed by atoms with Crippen LogP contribution in [0.15, 0.2) is 34.2 Å². The Morgan fingerprint density at radius 3 is 2.33 bits per heavy atom. The molecule has 0 unspecified atom stereocenters. The fraction of sp³-hybridized carbons (Fsp3) is 0.611. The van der Waals surface area contributed by atoms with Crippen molar-refractivity contribution >= 4 is 16.5 Å². The number of nitrogens with zero attached hydrogens (tertiary/aromatic N) is 1. The molecule has 6 heteroatoms. The predicted molar refractivity (Wildman–Crippen MR) is 92.0 cm³/mol. The summed E-state index contributed by atoms with van der Waals surface area (Å²) in [5.41, 5.74) is 0.0749. The van der Waals surface area contributed by atoms with Gasteiger partial charge in [0.2, 0.25) is 0 Å². The number of benzene rings is 1. The van der Waals surface area contributed by atoms with E-state index in [1.54, 1.807) is 31.2 Å². The van der Waals surface area contributed by atoms with Crippen molar-refractivity contribution < 1.29 is 17.4 Å². The molecule has 0 aromatic heterocycles. The van der Waals surface area contributed by atoms with E-state index in [4.69, 9.17) is 0 Å². The minimum absolute atomic E-state index is 0.198. The molecule has 2 atom stereocenters. The molecule has 0 amide bonds. The lowest BCUT2D eigenvalue weighted by Crippen LogP contribution is -2.31. The number of hydrogen-bond acceptors (Lipinski definition) is 2. The summed E-state index contributed by atoms with van der Waals surface area (Å²) in [6, 6.07) is 6.36. The van der Waals surface area contributed by atoms with Crippen molar-refractivity contribution in [2.24, 2.45) is 10.9 Å². The van der Waals surface area contributed by atoms with Crippen LogP contribution in [0.4, 0.5) is 13.2 Å². The van der Waals surface area contributed by atoms with Crippen LogP contribution in [-0.2, 0) is 10.8 Å². The summed E-state index contributed by atoms with van der Waals surface area (Å²) < 4.78 is 52.3. The van der Waals surface area contributed by atoms with Crippen molar-refractivity contribution in [1.29, 1.82) is 0 Å². The zero-order valence-electron chi connectivity index (χ0n) is 14.1. The Kier molecular flexibility index (Phi) is 6.61. The first-order valence-corrected chi connectivity index (χ1v) is 9.68. The van der Waals surface area contributed by atoms with Crippen LogP contribution in [0.3, 0.4) is 0 Å². The molecule has 1 aromatic carbocycles. The predicted octanol–water partition coefficient (Wildman–Crippen LogP) is 5.07. The highest BCUT2D eigenvalue weighted by Gasteiger charge is 2.37. The molecule has 1 aliphatic rings. The van der Waals surface area contributed by atoms with E-state index >= 15 is 0 Å². The van der Waals surface area contributed by atoms with Gasteiger partial charge in [-0.15, -0.1) is 0 Å². The number of alkyl halides is 3. The average molecular weight is 359 g/mol. The molecule has 24 heavy (non-hydrogen) atoms. The van der Waals surface area contributed by atoms with Gasteiger partial charge >= 0.3 is 6.18 Å². The highest BCUT2D eigenvalue weighted by atomic mass is 32.2. The van der Waals surface area contributed by atoms with Gasteiger partial charge in [0.15, 0.2) is 0 Å².